The van der Waals surface area contributed by atoms with Crippen LogP contribution in [0.4, 0.5) is 0 Å². The fraction of sp³-hybridized carbons (Fsp3) is 0.636. The van der Waals surface area contributed by atoms with Gasteiger partial charge in [0.05, 0.1) is 20.3 Å². The van der Waals surface area contributed by atoms with E-state index in [-0.39, 0.29) is 36.4 Å². The van der Waals surface area contributed by atoms with Gasteiger partial charge in [0, 0.05) is 46.8 Å². The monoisotopic (exact) mass is 547 g/mol. The summed E-state index contributed by atoms with van der Waals surface area (Å²) in [6, 6.07) is 8.20. The van der Waals surface area contributed by atoms with Gasteiger partial charge in [-0.3, -0.25) is 9.69 Å². The summed E-state index contributed by atoms with van der Waals surface area (Å²) in [5, 5.41) is 6.73. The smallest absolute Gasteiger partial charge is 0.243 e. The van der Waals surface area contributed by atoms with Crippen molar-refractivity contribution in [2.45, 2.75) is 19.3 Å². The quantitative estimate of drug-likeness (QED) is 0.264. The Morgan fingerprint density at radius 3 is 2.45 bits per heavy atom. The molecule has 0 bridgehead atoms. The first-order valence-electron chi connectivity index (χ1n) is 10.7. The van der Waals surface area contributed by atoms with E-state index in [1.54, 1.807) is 26.1 Å². The minimum absolute atomic E-state index is 0. The molecule has 1 atom stereocenters. The highest BCUT2D eigenvalue weighted by Crippen LogP contribution is 2.21. The van der Waals surface area contributed by atoms with Crippen molar-refractivity contribution in [2.24, 2.45) is 4.99 Å². The van der Waals surface area contributed by atoms with Crippen LogP contribution < -0.4 is 15.4 Å². The topological polar surface area (TPSA) is 78.4 Å². The Morgan fingerprint density at radius 1 is 1.19 bits per heavy atom. The average molecular weight is 547 g/mol. The third kappa shape index (κ3) is 10.5. The second-order valence-electron chi connectivity index (χ2n) is 7.72. The summed E-state index contributed by atoms with van der Waals surface area (Å²) in [6.45, 7) is 8.31. The number of ether oxygens (including phenoxy) is 2. The van der Waals surface area contributed by atoms with E-state index in [9.17, 15) is 4.79 Å². The van der Waals surface area contributed by atoms with Crippen LogP contribution in [0.15, 0.2) is 29.3 Å². The second-order valence-corrected chi connectivity index (χ2v) is 7.72. The molecule has 0 aromatic heterocycles. The lowest BCUT2D eigenvalue weighted by atomic mass is 9.98. The van der Waals surface area contributed by atoms with E-state index in [1.165, 1.54) is 5.56 Å². The van der Waals surface area contributed by atoms with Crippen LogP contribution in [0.1, 0.15) is 24.8 Å². The molecule has 1 aliphatic rings. The maximum absolute atomic E-state index is 11.9. The Morgan fingerprint density at radius 2 is 1.84 bits per heavy atom. The summed E-state index contributed by atoms with van der Waals surface area (Å²) in [5.41, 5.74) is 1.28. The van der Waals surface area contributed by atoms with Crippen LogP contribution in [0.25, 0.3) is 0 Å². The van der Waals surface area contributed by atoms with Crippen molar-refractivity contribution in [2.75, 3.05) is 73.7 Å². The van der Waals surface area contributed by atoms with Gasteiger partial charge in [0.1, 0.15) is 12.3 Å². The zero-order chi connectivity index (χ0) is 21.8. The average Bonchev–Trinajstić information content (AvgIpc) is 2.77. The van der Waals surface area contributed by atoms with E-state index in [0.717, 1.165) is 58.1 Å². The normalized spacial score (nSPS) is 15.5. The lowest BCUT2D eigenvalue weighted by Gasteiger charge is -2.26. The first kappa shape index (κ1) is 27.4. The maximum atomic E-state index is 11.9. The molecule has 1 fully saturated rings. The van der Waals surface area contributed by atoms with E-state index in [0.29, 0.717) is 11.9 Å². The third-order valence-electron chi connectivity index (χ3n) is 5.25. The first-order chi connectivity index (χ1) is 14.5. The van der Waals surface area contributed by atoms with Crippen LogP contribution in [0, 0.1) is 0 Å². The molecule has 176 valence electrons. The third-order valence-corrected chi connectivity index (χ3v) is 5.25. The lowest BCUT2D eigenvalue weighted by Crippen LogP contribution is -2.45. The molecular weight excluding hydrogens is 509 g/mol. The fourth-order valence-electron chi connectivity index (χ4n) is 3.13. The van der Waals surface area contributed by atoms with E-state index in [4.69, 9.17) is 9.47 Å². The Kier molecular flexibility index (Phi) is 13.5. The number of halogens is 1. The van der Waals surface area contributed by atoms with Crippen LogP contribution in [0.5, 0.6) is 5.75 Å². The molecule has 0 aliphatic carbocycles. The van der Waals surface area contributed by atoms with Crippen LogP contribution in [-0.2, 0) is 9.53 Å². The van der Waals surface area contributed by atoms with Gasteiger partial charge in [0.15, 0.2) is 5.96 Å². The molecule has 2 N–H and O–H groups in total. The number of nitrogens with one attached hydrogen (secondary N) is 2. The van der Waals surface area contributed by atoms with Crippen LogP contribution in [0.3, 0.4) is 0 Å². The molecule has 2 rings (SSSR count). The highest BCUT2D eigenvalue weighted by Gasteiger charge is 2.11. The number of likely N-dealkylation sites (N-methyl/N-ethyl adjacent to an activating group) is 1. The van der Waals surface area contributed by atoms with Gasteiger partial charge in [-0.15, -0.1) is 24.0 Å². The zero-order valence-corrected chi connectivity index (χ0v) is 21.6. The summed E-state index contributed by atoms with van der Waals surface area (Å²) in [6.07, 6.45) is 0.956. The number of nitrogens with zero attached hydrogens (tertiary/aromatic N) is 3. The lowest BCUT2D eigenvalue weighted by molar-refractivity contribution is -0.127. The Hall–Kier alpha value is -1.59. The van der Waals surface area contributed by atoms with Gasteiger partial charge in [-0.25, -0.2) is 4.99 Å². The van der Waals surface area contributed by atoms with Crippen molar-refractivity contribution >= 4 is 35.8 Å². The van der Waals surface area contributed by atoms with Gasteiger partial charge in [-0.05, 0) is 30.0 Å². The first-order valence-corrected chi connectivity index (χ1v) is 10.7. The number of rotatable bonds is 10. The molecule has 9 heteroatoms. The summed E-state index contributed by atoms with van der Waals surface area (Å²) < 4.78 is 10.6. The summed E-state index contributed by atoms with van der Waals surface area (Å²) in [5.74, 6) is 1.94. The van der Waals surface area contributed by atoms with Crippen LogP contribution in [0.2, 0.25) is 0 Å². The predicted octanol–water partition coefficient (Wildman–Crippen LogP) is 1.76. The molecule has 1 aliphatic heterocycles. The molecular formula is C22H38IN5O3. The second kappa shape index (κ2) is 15.3. The van der Waals surface area contributed by atoms with E-state index < -0.39 is 0 Å². The molecule has 1 aromatic rings. The van der Waals surface area contributed by atoms with Gasteiger partial charge in [-0.2, -0.15) is 0 Å². The van der Waals surface area contributed by atoms with Crippen molar-refractivity contribution in [3.63, 3.8) is 0 Å². The van der Waals surface area contributed by atoms with Crippen LogP contribution in [-0.4, -0.2) is 95.4 Å². The highest BCUT2D eigenvalue weighted by molar-refractivity contribution is 14.0. The number of carbonyl (C=O) groups is 1. The molecule has 1 unspecified atom stereocenters. The summed E-state index contributed by atoms with van der Waals surface area (Å²) in [7, 11) is 5.16. The highest BCUT2D eigenvalue weighted by atomic mass is 127. The van der Waals surface area contributed by atoms with Crippen molar-refractivity contribution in [1.82, 2.24) is 20.4 Å². The number of amides is 1. The maximum Gasteiger partial charge on any atom is 0.243 e. The molecule has 1 amide bonds. The molecule has 1 heterocycles. The molecule has 31 heavy (non-hydrogen) atoms. The van der Waals surface area contributed by atoms with Crippen molar-refractivity contribution < 1.29 is 14.3 Å². The van der Waals surface area contributed by atoms with E-state index >= 15 is 0 Å². The minimum Gasteiger partial charge on any atom is -0.497 e. The molecule has 8 nitrogen and oxygen atoms in total. The summed E-state index contributed by atoms with van der Waals surface area (Å²) >= 11 is 0. The number of aliphatic imine (C=N–C) groups is 1. The van der Waals surface area contributed by atoms with Crippen molar-refractivity contribution in [3.05, 3.63) is 29.8 Å². The number of benzene rings is 1. The van der Waals surface area contributed by atoms with Gasteiger partial charge in [0.25, 0.3) is 0 Å². The number of methoxy groups -OCH3 is 1. The van der Waals surface area contributed by atoms with Crippen LogP contribution >= 0.6 is 24.0 Å². The Labute approximate surface area is 203 Å². The molecule has 1 aromatic carbocycles. The van der Waals surface area contributed by atoms with Gasteiger partial charge < -0.3 is 25.0 Å². The number of guanidine groups is 1. The van der Waals surface area contributed by atoms with Gasteiger partial charge in [-0.1, -0.05) is 19.1 Å². The molecule has 0 saturated carbocycles. The standard InChI is InChI=1S/C22H37N5O3.HI/c1-18(19-5-7-20(29-4)8-6-19)9-10-23-22(25-17-21(28)26(2)3)24-11-12-27-13-15-30-16-14-27;/h5-8,18H,9-17H2,1-4H3,(H2,23,24,25);1H. The minimum atomic E-state index is -0.0177. The fourth-order valence-corrected chi connectivity index (χ4v) is 3.13. The number of carbonyl (C=O) groups excluding carboxylic acids is 1. The van der Waals surface area contributed by atoms with Crippen molar-refractivity contribution in [1.29, 1.82) is 0 Å². The number of hydrogen-bond donors (Lipinski definition) is 2. The summed E-state index contributed by atoms with van der Waals surface area (Å²) in [4.78, 5) is 20.3. The Bertz CT molecular complexity index is 664. The van der Waals surface area contributed by atoms with Gasteiger partial charge >= 0.3 is 0 Å². The largest absolute Gasteiger partial charge is 0.497 e. The molecule has 0 spiro atoms. The number of morpholine rings is 1. The zero-order valence-electron chi connectivity index (χ0n) is 19.2. The van der Waals surface area contributed by atoms with E-state index in [1.807, 2.05) is 12.1 Å². The van der Waals surface area contributed by atoms with Crippen molar-refractivity contribution in [3.8, 4) is 5.75 Å². The Balaban J connectivity index is 0.00000480. The number of hydrogen-bond acceptors (Lipinski definition) is 5. The van der Waals surface area contributed by atoms with Gasteiger partial charge in [0.2, 0.25) is 5.91 Å². The van der Waals surface area contributed by atoms with E-state index in [2.05, 4.69) is 39.6 Å². The molecule has 0 radical (unpaired) electrons. The SMILES string of the molecule is COc1ccc(C(C)CCNC(=NCC(=O)N(C)C)NCCN2CCOCC2)cc1.I. The molecule has 1 saturated heterocycles. The predicted molar refractivity (Wildman–Crippen MR) is 136 cm³/mol.